The monoisotopic (exact) mass is 748 g/mol. The van der Waals surface area contributed by atoms with Crippen LogP contribution in [0.25, 0.3) is 11.0 Å². The fourth-order valence-corrected chi connectivity index (χ4v) is 9.14. The number of pyridine rings is 2. The number of likely N-dealkylation sites (tertiary alicyclic amines) is 1. The predicted octanol–water partition coefficient (Wildman–Crippen LogP) is 5.88. The Balaban J connectivity index is 0.835. The second-order valence-electron chi connectivity index (χ2n) is 16.3. The summed E-state index contributed by atoms with van der Waals surface area (Å²) in [5.41, 5.74) is 2.11. The first-order valence-corrected chi connectivity index (χ1v) is 19.7. The van der Waals surface area contributed by atoms with Gasteiger partial charge in [-0.05, 0) is 94.5 Å². The molecule has 4 aliphatic rings. The van der Waals surface area contributed by atoms with Gasteiger partial charge >= 0.3 is 0 Å². The molecule has 1 unspecified atom stereocenters. The molecular weight excluding hydrogens is 700 g/mol. The molecule has 0 spiro atoms. The Labute approximate surface area is 319 Å². The van der Waals surface area contributed by atoms with Crippen LogP contribution >= 0.6 is 0 Å². The van der Waals surface area contributed by atoms with E-state index in [-0.39, 0.29) is 34.8 Å². The summed E-state index contributed by atoms with van der Waals surface area (Å²) >= 11 is 0. The second-order valence-corrected chi connectivity index (χ2v) is 16.3. The van der Waals surface area contributed by atoms with Crippen LogP contribution in [0.1, 0.15) is 105 Å². The van der Waals surface area contributed by atoms with Gasteiger partial charge in [-0.25, -0.2) is 14.4 Å². The SMILES string of the molecule is CC(=O)c1c(C)c2cnc(Nc3ccc(N4CCC(N5CC(F)(CCc6ccc(C7(C)CCC(=O)NC7=O)cc6)C5)CC4)cn3)nc2n(C2CCCC2)c1=O. The number of ketones is 1. The average molecular weight is 749 g/mol. The van der Waals surface area contributed by atoms with Crippen molar-refractivity contribution in [2.24, 2.45) is 0 Å². The van der Waals surface area contributed by atoms with Crippen molar-refractivity contribution in [2.45, 2.75) is 108 Å². The molecule has 2 N–H and O–H groups in total. The van der Waals surface area contributed by atoms with Crippen LogP contribution in [-0.2, 0) is 21.4 Å². The first kappa shape index (κ1) is 36.9. The third kappa shape index (κ3) is 7.14. The third-order valence-corrected chi connectivity index (χ3v) is 12.6. The predicted molar refractivity (Wildman–Crippen MR) is 209 cm³/mol. The summed E-state index contributed by atoms with van der Waals surface area (Å²) in [6.45, 7) is 7.72. The van der Waals surface area contributed by atoms with E-state index in [0.29, 0.717) is 73.2 Å². The molecule has 12 nitrogen and oxygen atoms in total. The van der Waals surface area contributed by atoms with Crippen molar-refractivity contribution in [3.8, 4) is 0 Å². The summed E-state index contributed by atoms with van der Waals surface area (Å²) in [6.07, 6.45) is 11.2. The number of aromatic nitrogens is 4. The number of halogens is 1. The van der Waals surface area contributed by atoms with Gasteiger partial charge in [0.15, 0.2) is 5.78 Å². The Hall–Kier alpha value is -5.04. The molecular formula is C42H49FN8O4. The molecule has 1 aliphatic carbocycles. The van der Waals surface area contributed by atoms with Crippen LogP contribution in [0.2, 0.25) is 0 Å². The van der Waals surface area contributed by atoms with Gasteiger partial charge in [-0.1, -0.05) is 37.1 Å². The minimum Gasteiger partial charge on any atom is -0.370 e. The van der Waals surface area contributed by atoms with E-state index in [9.17, 15) is 19.2 Å². The zero-order valence-corrected chi connectivity index (χ0v) is 31.9. The van der Waals surface area contributed by atoms with Crippen molar-refractivity contribution in [3.63, 3.8) is 0 Å². The van der Waals surface area contributed by atoms with Crippen LogP contribution in [0, 0.1) is 6.92 Å². The second kappa shape index (κ2) is 14.6. The highest BCUT2D eigenvalue weighted by Crippen LogP contribution is 2.37. The molecule has 4 aromatic rings. The lowest BCUT2D eigenvalue weighted by atomic mass is 9.75. The Morgan fingerprint density at radius 1 is 0.964 bits per heavy atom. The number of amides is 2. The Bertz CT molecular complexity index is 2190. The van der Waals surface area contributed by atoms with Crippen LogP contribution in [0.15, 0.2) is 53.6 Å². The summed E-state index contributed by atoms with van der Waals surface area (Å²) in [5.74, 6) is 0.196. The Kier molecular flexibility index (Phi) is 9.77. The number of rotatable bonds is 10. The summed E-state index contributed by atoms with van der Waals surface area (Å²) in [7, 11) is 0. The largest absolute Gasteiger partial charge is 0.370 e. The van der Waals surface area contributed by atoms with Crippen molar-refractivity contribution >= 4 is 46.1 Å². The fraction of sp³-hybridized carbons (Fsp3) is 0.500. The molecule has 0 bridgehead atoms. The molecule has 1 atom stereocenters. The molecule has 3 aliphatic heterocycles. The van der Waals surface area contributed by atoms with E-state index in [0.717, 1.165) is 68.4 Å². The van der Waals surface area contributed by atoms with Gasteiger partial charge in [0.2, 0.25) is 17.8 Å². The number of fused-ring (bicyclic) bond motifs is 1. The van der Waals surface area contributed by atoms with E-state index in [4.69, 9.17) is 4.98 Å². The molecule has 6 heterocycles. The molecule has 8 rings (SSSR count). The van der Waals surface area contributed by atoms with E-state index in [1.54, 1.807) is 17.7 Å². The summed E-state index contributed by atoms with van der Waals surface area (Å²) in [6, 6.07) is 12.1. The number of hydrogen-bond acceptors (Lipinski definition) is 10. The summed E-state index contributed by atoms with van der Waals surface area (Å²) in [5, 5.41) is 6.36. The highest BCUT2D eigenvalue weighted by atomic mass is 19.1. The minimum absolute atomic E-state index is 0.00702. The van der Waals surface area contributed by atoms with Gasteiger partial charge in [0.05, 0.1) is 22.9 Å². The number of imide groups is 1. The summed E-state index contributed by atoms with van der Waals surface area (Å²) < 4.78 is 17.4. The van der Waals surface area contributed by atoms with Crippen molar-refractivity contribution in [1.82, 2.24) is 29.7 Å². The van der Waals surface area contributed by atoms with Crippen molar-refractivity contribution in [3.05, 3.63) is 81.4 Å². The maximum absolute atomic E-state index is 15.7. The van der Waals surface area contributed by atoms with Crippen LogP contribution < -0.4 is 21.1 Å². The lowest BCUT2D eigenvalue weighted by Gasteiger charge is -2.50. The van der Waals surface area contributed by atoms with Gasteiger partial charge in [0.25, 0.3) is 5.56 Å². The number of piperidine rings is 2. The number of alkyl halides is 1. The number of carbonyl (C=O) groups excluding carboxylic acids is 3. The molecule has 55 heavy (non-hydrogen) atoms. The van der Waals surface area contributed by atoms with Gasteiger partial charge in [0.1, 0.15) is 17.1 Å². The third-order valence-electron chi connectivity index (χ3n) is 12.6. The van der Waals surface area contributed by atoms with E-state index < -0.39 is 11.1 Å². The molecule has 4 fully saturated rings. The number of benzene rings is 1. The molecule has 1 aromatic carbocycles. The number of anilines is 3. The van der Waals surface area contributed by atoms with E-state index in [1.807, 2.05) is 49.5 Å². The Morgan fingerprint density at radius 2 is 1.69 bits per heavy atom. The molecule has 2 amide bonds. The van der Waals surface area contributed by atoms with Crippen molar-refractivity contribution in [1.29, 1.82) is 0 Å². The zero-order chi connectivity index (χ0) is 38.5. The maximum Gasteiger partial charge on any atom is 0.263 e. The molecule has 288 valence electrons. The van der Waals surface area contributed by atoms with Crippen molar-refractivity contribution in [2.75, 3.05) is 36.4 Å². The fourth-order valence-electron chi connectivity index (χ4n) is 9.14. The van der Waals surface area contributed by atoms with Crippen molar-refractivity contribution < 1.29 is 18.8 Å². The first-order valence-electron chi connectivity index (χ1n) is 19.7. The highest BCUT2D eigenvalue weighted by molar-refractivity contribution is 6.03. The molecule has 3 aromatic heterocycles. The number of carbonyl (C=O) groups is 3. The van der Waals surface area contributed by atoms with Gasteiger partial charge in [0, 0.05) is 56.3 Å². The van der Waals surface area contributed by atoms with Gasteiger partial charge in [-0.2, -0.15) is 4.98 Å². The molecule has 0 radical (unpaired) electrons. The maximum atomic E-state index is 15.7. The highest BCUT2D eigenvalue weighted by Gasteiger charge is 2.46. The number of hydrogen-bond donors (Lipinski definition) is 2. The lowest BCUT2D eigenvalue weighted by molar-refractivity contribution is -0.137. The van der Waals surface area contributed by atoms with E-state index >= 15 is 4.39 Å². The van der Waals surface area contributed by atoms with Gasteiger partial charge in [-0.3, -0.25) is 34.0 Å². The van der Waals surface area contributed by atoms with Crippen LogP contribution in [0.4, 0.5) is 21.8 Å². The molecule has 1 saturated carbocycles. The summed E-state index contributed by atoms with van der Waals surface area (Å²) in [4.78, 5) is 68.7. The number of nitrogens with zero attached hydrogens (tertiary/aromatic N) is 6. The quantitative estimate of drug-likeness (QED) is 0.149. The van der Waals surface area contributed by atoms with E-state index in [1.165, 1.54) is 6.92 Å². The number of Topliss-reactive ketones (excluding diaryl/α,β-unsaturated/α-hetero) is 1. The lowest BCUT2D eigenvalue weighted by Crippen LogP contribution is -2.63. The normalized spacial score (nSPS) is 22.1. The minimum atomic E-state index is -1.20. The molecule has 3 saturated heterocycles. The Morgan fingerprint density at radius 3 is 2.35 bits per heavy atom. The van der Waals surface area contributed by atoms with Gasteiger partial charge < -0.3 is 10.2 Å². The average Bonchev–Trinajstić information content (AvgIpc) is 3.70. The van der Waals surface area contributed by atoms with Crippen LogP contribution in [0.5, 0.6) is 0 Å². The first-order chi connectivity index (χ1) is 26.4. The van der Waals surface area contributed by atoms with Gasteiger partial charge in [-0.15, -0.1) is 0 Å². The van der Waals surface area contributed by atoms with Crippen LogP contribution in [0.3, 0.4) is 0 Å². The smallest absolute Gasteiger partial charge is 0.263 e. The van der Waals surface area contributed by atoms with Crippen LogP contribution in [-0.4, -0.2) is 79.9 Å². The number of aryl methyl sites for hydroxylation is 2. The topological polar surface area (TPSA) is 142 Å². The molecule has 13 heteroatoms. The zero-order valence-electron chi connectivity index (χ0n) is 31.9. The van der Waals surface area contributed by atoms with E-state index in [2.05, 4.69) is 30.4 Å². The standard InChI is InChI=1S/C42H49FN8O4/c1-26-33-23-45-40(48-37(33)51(31-6-4-5-7-31)38(54)36(26)27(2)52)46-34-13-12-32(22-44-34)49-20-16-30(17-21-49)50-24-42(43,25-50)19-14-28-8-10-29(11-9-28)41(3)18-15-35(53)47-39(41)55/h8-13,22-23,30-31H,4-7,14-21,24-25H2,1-3H3,(H,47,53,55)(H,44,45,46,48). The number of nitrogens with one attached hydrogen (secondary N) is 2.